The number of carbonyl (C=O) groups is 1. The molecular weight excluding hydrogens is 393 g/mol. The fourth-order valence-electron chi connectivity index (χ4n) is 3.22. The lowest BCUT2D eigenvalue weighted by Gasteiger charge is -2.23. The number of amides is 1. The summed E-state index contributed by atoms with van der Waals surface area (Å²) in [5.74, 6) is 0.126. The molecule has 0 saturated carbocycles. The molecule has 7 heteroatoms. The minimum atomic E-state index is -0.300. The van der Waals surface area contributed by atoms with E-state index in [9.17, 15) is 4.79 Å². The molecule has 0 bridgehead atoms. The van der Waals surface area contributed by atoms with Gasteiger partial charge in [0.25, 0.3) is 0 Å². The van der Waals surface area contributed by atoms with E-state index in [1.165, 1.54) is 5.56 Å². The fourth-order valence-corrected chi connectivity index (χ4v) is 3.68. The number of anilines is 1. The average Bonchev–Trinajstić information content (AvgIpc) is 2.99. The van der Waals surface area contributed by atoms with Gasteiger partial charge in [0.05, 0.1) is 16.8 Å². The van der Waals surface area contributed by atoms with E-state index in [1.54, 1.807) is 18.2 Å². The van der Waals surface area contributed by atoms with Crippen molar-refractivity contribution in [2.24, 2.45) is 5.73 Å². The summed E-state index contributed by atoms with van der Waals surface area (Å²) in [6.07, 6.45) is 0. The highest BCUT2D eigenvalue weighted by Crippen LogP contribution is 2.29. The topological polar surface area (TPSA) is 58.4 Å². The van der Waals surface area contributed by atoms with Crippen LogP contribution >= 0.6 is 35.6 Å². The molecule has 3 rings (SSSR count). The summed E-state index contributed by atoms with van der Waals surface area (Å²) in [6, 6.07) is 14.9. The highest BCUT2D eigenvalue weighted by Gasteiger charge is 2.35. The van der Waals surface area contributed by atoms with Crippen LogP contribution in [0.1, 0.15) is 18.4 Å². The van der Waals surface area contributed by atoms with Gasteiger partial charge in [-0.3, -0.25) is 9.69 Å². The molecule has 1 aliphatic rings. The van der Waals surface area contributed by atoms with Crippen molar-refractivity contribution < 1.29 is 4.79 Å². The Morgan fingerprint density at radius 3 is 2.54 bits per heavy atom. The van der Waals surface area contributed by atoms with Gasteiger partial charge in [-0.2, -0.15) is 0 Å². The first-order valence-corrected chi connectivity index (χ1v) is 9.02. The summed E-state index contributed by atoms with van der Waals surface area (Å²) in [4.78, 5) is 14.7. The van der Waals surface area contributed by atoms with Gasteiger partial charge in [-0.25, -0.2) is 0 Å². The maximum absolute atomic E-state index is 12.6. The standard InChI is InChI=1S/C19H21Cl2N3O.ClH/c1-12(19(25)23-18-8-7-14(20)9-16(18)21)24-10-15(17(22)11-24)13-5-3-2-4-6-13;/h2-9,12,15,17H,10-11,22H2,1H3,(H,23,25);1H/t12?,15-,17+;/m0./s1. The molecule has 1 aliphatic heterocycles. The van der Waals surface area contributed by atoms with Gasteiger partial charge in [-0.05, 0) is 30.7 Å². The highest BCUT2D eigenvalue weighted by atomic mass is 35.5. The zero-order valence-electron chi connectivity index (χ0n) is 14.4. The van der Waals surface area contributed by atoms with Crippen molar-refractivity contribution >= 4 is 47.2 Å². The molecule has 4 nitrogen and oxygen atoms in total. The Kier molecular flexibility index (Phi) is 7.33. The summed E-state index contributed by atoms with van der Waals surface area (Å²) < 4.78 is 0. The number of halogens is 3. The molecule has 3 N–H and O–H groups in total. The van der Waals surface area contributed by atoms with Crippen molar-refractivity contribution in [2.45, 2.75) is 24.9 Å². The van der Waals surface area contributed by atoms with E-state index in [2.05, 4.69) is 22.3 Å². The number of likely N-dealkylation sites (tertiary alicyclic amines) is 1. The molecule has 1 unspecified atom stereocenters. The average molecular weight is 415 g/mol. The quantitative estimate of drug-likeness (QED) is 0.789. The predicted octanol–water partition coefficient (Wildman–Crippen LogP) is 4.17. The molecule has 140 valence electrons. The summed E-state index contributed by atoms with van der Waals surface area (Å²) in [5.41, 5.74) is 8.10. The molecular formula is C19H22Cl3N3O. The predicted molar refractivity (Wildman–Crippen MR) is 111 cm³/mol. The summed E-state index contributed by atoms with van der Waals surface area (Å²) in [6.45, 7) is 3.33. The van der Waals surface area contributed by atoms with Crippen molar-refractivity contribution in [1.82, 2.24) is 4.90 Å². The second kappa shape index (κ2) is 9.07. The van der Waals surface area contributed by atoms with Crippen molar-refractivity contribution in [2.75, 3.05) is 18.4 Å². The monoisotopic (exact) mass is 413 g/mol. The van der Waals surface area contributed by atoms with Gasteiger partial charge in [0, 0.05) is 30.1 Å². The minimum Gasteiger partial charge on any atom is -0.326 e. The molecule has 2 aromatic carbocycles. The van der Waals surface area contributed by atoms with E-state index in [0.717, 1.165) is 6.54 Å². The van der Waals surface area contributed by atoms with E-state index in [1.807, 2.05) is 25.1 Å². The molecule has 1 saturated heterocycles. The lowest BCUT2D eigenvalue weighted by atomic mass is 9.95. The largest absolute Gasteiger partial charge is 0.326 e. The number of nitrogens with zero attached hydrogens (tertiary/aromatic N) is 1. The van der Waals surface area contributed by atoms with Crippen LogP contribution in [0.5, 0.6) is 0 Å². The second-order valence-corrected chi connectivity index (χ2v) is 7.27. The van der Waals surface area contributed by atoms with Crippen LogP contribution in [0.15, 0.2) is 48.5 Å². The van der Waals surface area contributed by atoms with E-state index >= 15 is 0 Å². The number of nitrogens with one attached hydrogen (secondary N) is 1. The Labute approximate surface area is 170 Å². The SMILES string of the molecule is CC(C(=O)Nc1ccc(Cl)cc1Cl)N1C[C@@H](N)[C@H](c2ccccc2)C1.Cl. The van der Waals surface area contributed by atoms with Gasteiger partial charge in [0.15, 0.2) is 0 Å². The molecule has 0 spiro atoms. The van der Waals surface area contributed by atoms with Gasteiger partial charge >= 0.3 is 0 Å². The van der Waals surface area contributed by atoms with Crippen molar-refractivity contribution in [3.05, 3.63) is 64.1 Å². The molecule has 1 heterocycles. The number of carbonyl (C=O) groups excluding carboxylic acids is 1. The lowest BCUT2D eigenvalue weighted by Crippen LogP contribution is -2.41. The van der Waals surface area contributed by atoms with Crippen molar-refractivity contribution in [3.63, 3.8) is 0 Å². The van der Waals surface area contributed by atoms with E-state index in [0.29, 0.717) is 22.3 Å². The first-order valence-electron chi connectivity index (χ1n) is 8.26. The van der Waals surface area contributed by atoms with E-state index in [4.69, 9.17) is 28.9 Å². The van der Waals surface area contributed by atoms with Gasteiger partial charge < -0.3 is 11.1 Å². The van der Waals surface area contributed by atoms with E-state index in [-0.39, 0.29) is 36.3 Å². The number of hydrogen-bond acceptors (Lipinski definition) is 3. The van der Waals surface area contributed by atoms with Crippen LogP contribution in [-0.2, 0) is 4.79 Å². The number of nitrogens with two attached hydrogens (primary N) is 1. The maximum Gasteiger partial charge on any atom is 0.241 e. The Hall–Kier alpha value is -1.30. The molecule has 26 heavy (non-hydrogen) atoms. The Bertz CT molecular complexity index is 757. The maximum atomic E-state index is 12.6. The molecule has 0 radical (unpaired) electrons. The third-order valence-electron chi connectivity index (χ3n) is 4.74. The third kappa shape index (κ3) is 4.70. The summed E-state index contributed by atoms with van der Waals surface area (Å²) >= 11 is 12.0. The smallest absolute Gasteiger partial charge is 0.241 e. The molecule has 3 atom stereocenters. The normalized spacial score (nSPS) is 21.1. The molecule has 1 amide bonds. The zero-order chi connectivity index (χ0) is 18.0. The molecule has 0 aliphatic carbocycles. The van der Waals surface area contributed by atoms with Crippen molar-refractivity contribution in [3.8, 4) is 0 Å². The second-order valence-electron chi connectivity index (χ2n) is 6.42. The fraction of sp³-hybridized carbons (Fsp3) is 0.316. The van der Waals surface area contributed by atoms with Crippen LogP contribution in [0.3, 0.4) is 0 Å². The number of benzene rings is 2. The van der Waals surface area contributed by atoms with Crippen LogP contribution in [-0.4, -0.2) is 36.0 Å². The van der Waals surface area contributed by atoms with Crippen LogP contribution in [0.25, 0.3) is 0 Å². The summed E-state index contributed by atoms with van der Waals surface area (Å²) in [5, 5.41) is 3.83. The van der Waals surface area contributed by atoms with Crippen LogP contribution in [0.2, 0.25) is 10.0 Å². The number of hydrogen-bond donors (Lipinski definition) is 2. The molecule has 1 fully saturated rings. The van der Waals surface area contributed by atoms with Gasteiger partial charge in [-0.15, -0.1) is 12.4 Å². The first kappa shape index (κ1) is 21.0. The molecule has 0 aromatic heterocycles. The lowest BCUT2D eigenvalue weighted by molar-refractivity contribution is -0.120. The van der Waals surface area contributed by atoms with E-state index < -0.39 is 0 Å². The van der Waals surface area contributed by atoms with Gasteiger partial charge in [0.1, 0.15) is 0 Å². The van der Waals surface area contributed by atoms with Gasteiger partial charge in [-0.1, -0.05) is 53.5 Å². The van der Waals surface area contributed by atoms with Crippen molar-refractivity contribution in [1.29, 1.82) is 0 Å². The Balaban J connectivity index is 0.00000243. The van der Waals surface area contributed by atoms with Gasteiger partial charge in [0.2, 0.25) is 5.91 Å². The zero-order valence-corrected chi connectivity index (χ0v) is 16.7. The first-order chi connectivity index (χ1) is 12.0. The third-order valence-corrected chi connectivity index (χ3v) is 5.29. The molecule has 2 aromatic rings. The van der Waals surface area contributed by atoms with Crippen LogP contribution < -0.4 is 11.1 Å². The Morgan fingerprint density at radius 2 is 1.88 bits per heavy atom. The van der Waals surface area contributed by atoms with Crippen LogP contribution in [0.4, 0.5) is 5.69 Å². The summed E-state index contributed by atoms with van der Waals surface area (Å²) in [7, 11) is 0. The van der Waals surface area contributed by atoms with Crippen LogP contribution in [0, 0.1) is 0 Å². The highest BCUT2D eigenvalue weighted by molar-refractivity contribution is 6.36. The Morgan fingerprint density at radius 1 is 1.19 bits per heavy atom. The minimum absolute atomic E-state index is 0. The number of rotatable bonds is 4.